The van der Waals surface area contributed by atoms with Gasteiger partial charge in [0, 0.05) is 0 Å². The van der Waals surface area contributed by atoms with E-state index in [4.69, 9.17) is 14.2 Å². The van der Waals surface area contributed by atoms with Crippen LogP contribution in [0.4, 0.5) is 10.5 Å². The Hall–Kier alpha value is -6.27. The number of imide groups is 1. The van der Waals surface area contributed by atoms with E-state index in [0.717, 1.165) is 10.5 Å². The number of carbonyl (C=O) groups is 5. The number of ether oxygens (including phenoxy) is 3. The van der Waals surface area contributed by atoms with E-state index in [0.29, 0.717) is 16.7 Å². The largest absolute Gasteiger partial charge is 0.508 e. The normalized spacial score (nSPS) is 24.8. The minimum absolute atomic E-state index is 0.0456. The van der Waals surface area contributed by atoms with Crippen LogP contribution < -0.4 is 10.2 Å². The Balaban J connectivity index is 1.53. The third-order valence-electron chi connectivity index (χ3n) is 10.8. The maximum absolute atomic E-state index is 15.8. The van der Waals surface area contributed by atoms with Crippen LogP contribution in [-0.4, -0.2) is 65.7 Å². The fourth-order valence-corrected chi connectivity index (χ4v) is 8.54. The Morgan fingerprint density at radius 3 is 2.11 bits per heavy atom. The molecular formula is C43H41N3O9. The number of para-hydroxylation sites is 1. The van der Waals surface area contributed by atoms with Crippen molar-refractivity contribution in [2.24, 2.45) is 11.8 Å². The SMILES string of the molecule is C=CCOC(=O)[C@H]1[C@@H]2C(=O)O[C@@H](c3ccccc3)[C@@H](c3ccccc3)N2[C@@H](c2ccc(O)cc2)[C@]12C(=O)N(C(=O)N[C@H](C(=O)OC)C(C)C)c1ccccc12. The molecule has 7 rings (SSSR count). The summed E-state index contributed by atoms with van der Waals surface area (Å²) >= 11 is 0. The first kappa shape index (κ1) is 37.1. The number of esters is 3. The number of rotatable bonds is 9. The summed E-state index contributed by atoms with van der Waals surface area (Å²) in [5.41, 5.74) is 0.346. The summed E-state index contributed by atoms with van der Waals surface area (Å²) in [4.78, 5) is 75.4. The summed E-state index contributed by atoms with van der Waals surface area (Å²) in [6.45, 7) is 6.92. The van der Waals surface area contributed by atoms with Crippen LogP contribution in [0.3, 0.4) is 0 Å². The van der Waals surface area contributed by atoms with Crippen LogP contribution >= 0.6 is 0 Å². The summed E-state index contributed by atoms with van der Waals surface area (Å²) in [5.74, 6) is -5.18. The van der Waals surface area contributed by atoms with Gasteiger partial charge in [0.1, 0.15) is 41.9 Å². The number of nitrogens with zero attached hydrogens (tertiary/aromatic N) is 2. The standard InChI is InChI=1S/C43H41N3O9/c1-5-24-54-38(48)32-35-40(50)55-36(27-16-10-7-11-17-27)34(26-14-8-6-9-15-26)46(35)37(28-20-22-29(47)23-21-28)43(32)30-18-12-13-19-31(30)45(41(43)51)42(52)44-33(25(2)3)39(49)53-4/h5-23,25,32-37,47H,1,24H2,2-4H3,(H,44,52)/t32-,33+,34-,35-,36+,37+,43-/m1/s1. The van der Waals surface area contributed by atoms with Crippen molar-refractivity contribution in [2.45, 2.75) is 49.5 Å². The van der Waals surface area contributed by atoms with E-state index < -0.39 is 77.4 Å². The lowest BCUT2D eigenvalue weighted by molar-refractivity contribution is -0.180. The van der Waals surface area contributed by atoms with Crippen LogP contribution in [0.2, 0.25) is 0 Å². The zero-order chi connectivity index (χ0) is 39.0. The minimum atomic E-state index is -2.00. The molecule has 0 saturated carbocycles. The van der Waals surface area contributed by atoms with E-state index in [1.165, 1.54) is 25.3 Å². The molecule has 12 nitrogen and oxygen atoms in total. The molecule has 12 heteroatoms. The van der Waals surface area contributed by atoms with Gasteiger partial charge >= 0.3 is 23.9 Å². The van der Waals surface area contributed by atoms with Crippen molar-refractivity contribution in [2.75, 3.05) is 18.6 Å². The summed E-state index contributed by atoms with van der Waals surface area (Å²) < 4.78 is 17.1. The van der Waals surface area contributed by atoms with Gasteiger partial charge in [-0.25, -0.2) is 14.5 Å². The molecule has 282 valence electrons. The van der Waals surface area contributed by atoms with Gasteiger partial charge in [0.2, 0.25) is 5.91 Å². The van der Waals surface area contributed by atoms with Crippen LogP contribution in [0.1, 0.15) is 54.3 Å². The average Bonchev–Trinajstić information content (AvgIpc) is 3.66. The van der Waals surface area contributed by atoms with E-state index in [2.05, 4.69) is 11.9 Å². The van der Waals surface area contributed by atoms with Gasteiger partial charge in [-0.05, 0) is 46.4 Å². The number of anilines is 1. The van der Waals surface area contributed by atoms with Gasteiger partial charge in [-0.3, -0.25) is 19.3 Å². The first-order chi connectivity index (χ1) is 26.6. The summed E-state index contributed by atoms with van der Waals surface area (Å²) in [6, 6.07) is 26.0. The van der Waals surface area contributed by atoms with E-state index in [1.54, 1.807) is 50.2 Å². The van der Waals surface area contributed by atoms with Crippen molar-refractivity contribution in [3.63, 3.8) is 0 Å². The number of fused-ring (bicyclic) bond motifs is 3. The van der Waals surface area contributed by atoms with Crippen LogP contribution in [-0.2, 0) is 38.8 Å². The van der Waals surface area contributed by atoms with Gasteiger partial charge in [0.05, 0.1) is 24.9 Å². The molecule has 1 spiro atoms. The molecule has 2 N–H and O–H groups in total. The highest BCUT2D eigenvalue weighted by molar-refractivity contribution is 6.24. The molecule has 3 aliphatic rings. The number of phenols is 1. The molecule has 0 aliphatic carbocycles. The predicted molar refractivity (Wildman–Crippen MR) is 200 cm³/mol. The summed E-state index contributed by atoms with van der Waals surface area (Å²) in [6.07, 6.45) is 0.486. The lowest BCUT2D eigenvalue weighted by Gasteiger charge is -2.46. The highest BCUT2D eigenvalue weighted by Crippen LogP contribution is 2.66. The molecule has 2 saturated heterocycles. The zero-order valence-corrected chi connectivity index (χ0v) is 30.5. The summed E-state index contributed by atoms with van der Waals surface area (Å²) in [7, 11) is 1.20. The van der Waals surface area contributed by atoms with Crippen molar-refractivity contribution in [3.05, 3.63) is 144 Å². The molecular weight excluding hydrogens is 702 g/mol. The second-order valence-electron chi connectivity index (χ2n) is 14.1. The van der Waals surface area contributed by atoms with Crippen molar-refractivity contribution >= 4 is 35.5 Å². The smallest absolute Gasteiger partial charge is 0.329 e. The number of urea groups is 1. The number of benzene rings is 4. The molecule has 0 radical (unpaired) electrons. The quantitative estimate of drug-likeness (QED) is 0.124. The average molecular weight is 744 g/mol. The van der Waals surface area contributed by atoms with Gasteiger partial charge in [-0.1, -0.05) is 117 Å². The Morgan fingerprint density at radius 2 is 1.49 bits per heavy atom. The molecule has 0 aromatic heterocycles. The molecule has 4 aromatic carbocycles. The maximum Gasteiger partial charge on any atom is 0.329 e. The number of amides is 3. The number of cyclic esters (lactones) is 1. The number of methoxy groups -OCH3 is 1. The third kappa shape index (κ3) is 6.02. The molecule has 3 aliphatic heterocycles. The first-order valence-corrected chi connectivity index (χ1v) is 18.0. The third-order valence-corrected chi connectivity index (χ3v) is 10.8. The van der Waals surface area contributed by atoms with E-state index in [9.17, 15) is 24.3 Å². The van der Waals surface area contributed by atoms with Crippen molar-refractivity contribution in [1.29, 1.82) is 0 Å². The van der Waals surface area contributed by atoms with E-state index >= 15 is 4.79 Å². The predicted octanol–water partition coefficient (Wildman–Crippen LogP) is 5.69. The van der Waals surface area contributed by atoms with Crippen LogP contribution in [0.5, 0.6) is 5.75 Å². The molecule has 2 fully saturated rings. The highest BCUT2D eigenvalue weighted by atomic mass is 16.6. The lowest BCUT2D eigenvalue weighted by Crippen LogP contribution is -2.56. The number of hydrogen-bond donors (Lipinski definition) is 2. The first-order valence-electron chi connectivity index (χ1n) is 18.0. The number of nitrogens with one attached hydrogen (secondary N) is 1. The van der Waals surface area contributed by atoms with Crippen molar-refractivity contribution < 1.29 is 43.3 Å². The molecule has 0 bridgehead atoms. The molecule has 3 heterocycles. The zero-order valence-electron chi connectivity index (χ0n) is 30.5. The Labute approximate surface area is 318 Å². The maximum atomic E-state index is 15.8. The topological polar surface area (TPSA) is 152 Å². The lowest BCUT2D eigenvalue weighted by atomic mass is 9.65. The van der Waals surface area contributed by atoms with Crippen LogP contribution in [0.15, 0.2) is 122 Å². The van der Waals surface area contributed by atoms with Crippen LogP contribution in [0, 0.1) is 11.8 Å². The fraction of sp³-hybridized carbons (Fsp3) is 0.279. The molecule has 55 heavy (non-hydrogen) atoms. The van der Waals surface area contributed by atoms with Gasteiger partial charge in [-0.15, -0.1) is 0 Å². The Kier molecular flexibility index (Phi) is 10.0. The Bertz CT molecular complexity index is 2120. The molecule has 3 amide bonds. The fourth-order valence-electron chi connectivity index (χ4n) is 8.54. The second-order valence-corrected chi connectivity index (χ2v) is 14.1. The van der Waals surface area contributed by atoms with Crippen molar-refractivity contribution in [3.8, 4) is 5.75 Å². The summed E-state index contributed by atoms with van der Waals surface area (Å²) in [5, 5.41) is 13.2. The van der Waals surface area contributed by atoms with E-state index in [-0.39, 0.29) is 18.0 Å². The number of morpholine rings is 1. The Morgan fingerprint density at radius 1 is 0.873 bits per heavy atom. The number of phenolic OH excluding ortho intramolecular Hbond substituents is 1. The number of carbonyl (C=O) groups excluding carboxylic acids is 5. The van der Waals surface area contributed by atoms with Crippen LogP contribution in [0.25, 0.3) is 0 Å². The molecule has 4 aromatic rings. The molecule has 0 unspecified atom stereocenters. The highest BCUT2D eigenvalue weighted by Gasteiger charge is 2.76. The van der Waals surface area contributed by atoms with E-state index in [1.807, 2.05) is 65.6 Å². The number of aromatic hydroxyl groups is 1. The minimum Gasteiger partial charge on any atom is -0.508 e. The second kappa shape index (κ2) is 14.9. The van der Waals surface area contributed by atoms with Gasteiger partial charge in [0.15, 0.2) is 0 Å². The van der Waals surface area contributed by atoms with Crippen molar-refractivity contribution in [1.82, 2.24) is 10.2 Å². The van der Waals surface area contributed by atoms with Gasteiger partial charge in [-0.2, -0.15) is 0 Å². The van der Waals surface area contributed by atoms with Gasteiger partial charge in [0.25, 0.3) is 0 Å². The number of hydrogen-bond acceptors (Lipinski definition) is 10. The van der Waals surface area contributed by atoms with Gasteiger partial charge < -0.3 is 24.6 Å². The monoisotopic (exact) mass is 743 g/mol. The molecule has 7 atom stereocenters.